The van der Waals surface area contributed by atoms with E-state index in [0.29, 0.717) is 29.0 Å². The van der Waals surface area contributed by atoms with Gasteiger partial charge in [-0.05, 0) is 38.0 Å². The van der Waals surface area contributed by atoms with Crippen molar-refractivity contribution in [2.45, 2.75) is 91.3 Å². The maximum atomic E-state index is 5.92. The number of rotatable bonds is 5. The third kappa shape index (κ3) is 2.85. The maximum absolute atomic E-state index is 5.92. The van der Waals surface area contributed by atoms with E-state index in [4.69, 9.17) is 4.74 Å². The minimum absolute atomic E-state index is 0.337. The molecule has 2 aliphatic rings. The number of hydrogen-bond acceptors (Lipinski definition) is 2. The first-order valence-electron chi connectivity index (χ1n) is 8.31. The monoisotopic (exact) mass is 267 g/mol. The zero-order valence-corrected chi connectivity index (χ0v) is 13.6. The molecule has 19 heavy (non-hydrogen) atoms. The van der Waals surface area contributed by atoms with Crippen LogP contribution < -0.4 is 5.32 Å². The Kier molecular flexibility index (Phi) is 4.62. The van der Waals surface area contributed by atoms with Crippen molar-refractivity contribution in [3.8, 4) is 0 Å². The average molecular weight is 267 g/mol. The molecule has 0 aliphatic heterocycles. The van der Waals surface area contributed by atoms with Crippen molar-refractivity contribution in [3.63, 3.8) is 0 Å². The van der Waals surface area contributed by atoms with Crippen molar-refractivity contribution in [2.24, 2.45) is 10.8 Å². The lowest BCUT2D eigenvalue weighted by molar-refractivity contribution is -0.131. The molecule has 4 atom stereocenters. The van der Waals surface area contributed by atoms with Crippen molar-refractivity contribution in [2.75, 3.05) is 6.61 Å². The molecule has 0 bridgehead atoms. The Hall–Kier alpha value is -0.0800. The fourth-order valence-corrected chi connectivity index (χ4v) is 4.05. The maximum Gasteiger partial charge on any atom is 0.0658 e. The number of nitrogens with one attached hydrogen (secondary N) is 1. The number of ether oxygens (including phenoxy) is 1. The Morgan fingerprint density at radius 2 is 1.84 bits per heavy atom. The molecule has 0 spiro atoms. The van der Waals surface area contributed by atoms with E-state index in [1.807, 2.05) is 0 Å². The van der Waals surface area contributed by atoms with Gasteiger partial charge < -0.3 is 10.1 Å². The van der Waals surface area contributed by atoms with Crippen LogP contribution in [-0.2, 0) is 4.74 Å². The topological polar surface area (TPSA) is 21.3 Å². The molecule has 2 aliphatic carbocycles. The van der Waals surface area contributed by atoms with Gasteiger partial charge in [0.25, 0.3) is 0 Å². The molecule has 0 aromatic carbocycles. The van der Waals surface area contributed by atoms with Crippen LogP contribution in [0, 0.1) is 10.8 Å². The van der Waals surface area contributed by atoms with Gasteiger partial charge >= 0.3 is 0 Å². The Labute approximate surface area is 119 Å². The van der Waals surface area contributed by atoms with Gasteiger partial charge in [-0.2, -0.15) is 0 Å². The Balaban J connectivity index is 1.96. The lowest BCUT2D eigenvalue weighted by Gasteiger charge is -2.56. The molecule has 0 heterocycles. The Morgan fingerprint density at radius 1 is 1.11 bits per heavy atom. The normalized spacial score (nSPS) is 41.8. The van der Waals surface area contributed by atoms with Crippen molar-refractivity contribution in [1.82, 2.24) is 5.32 Å². The van der Waals surface area contributed by atoms with Crippen LogP contribution in [0.1, 0.15) is 73.1 Å². The number of hydrogen-bond donors (Lipinski definition) is 1. The molecule has 0 aromatic heterocycles. The first-order valence-corrected chi connectivity index (χ1v) is 8.31. The molecule has 4 unspecified atom stereocenters. The van der Waals surface area contributed by atoms with Gasteiger partial charge in [-0.1, -0.05) is 40.5 Å². The lowest BCUT2D eigenvalue weighted by Crippen LogP contribution is -2.65. The summed E-state index contributed by atoms with van der Waals surface area (Å²) in [4.78, 5) is 0. The third-order valence-corrected chi connectivity index (χ3v) is 6.02. The molecule has 1 N–H and O–H groups in total. The standard InChI is InChI=1S/C17H33NO/c1-6-17(5)14(12-15(17)19-7-2)18-13-10-8-9-11-16(13,3)4/h13-15,18H,6-12H2,1-5H3. The van der Waals surface area contributed by atoms with E-state index in [0.717, 1.165) is 6.61 Å². The summed E-state index contributed by atoms with van der Waals surface area (Å²) in [6.45, 7) is 12.6. The van der Waals surface area contributed by atoms with Gasteiger partial charge in [0.1, 0.15) is 0 Å². The van der Waals surface area contributed by atoms with Crippen LogP contribution in [0.5, 0.6) is 0 Å². The fraction of sp³-hybridized carbons (Fsp3) is 1.00. The molecule has 2 saturated carbocycles. The predicted molar refractivity (Wildman–Crippen MR) is 81.4 cm³/mol. The van der Waals surface area contributed by atoms with Gasteiger partial charge in [0.15, 0.2) is 0 Å². The second-order valence-electron chi connectivity index (χ2n) is 7.55. The second-order valence-corrected chi connectivity index (χ2v) is 7.55. The summed E-state index contributed by atoms with van der Waals surface area (Å²) in [5.41, 5.74) is 0.799. The lowest BCUT2D eigenvalue weighted by atomic mass is 9.60. The van der Waals surface area contributed by atoms with Crippen molar-refractivity contribution < 1.29 is 4.74 Å². The van der Waals surface area contributed by atoms with Crippen LogP contribution in [0.3, 0.4) is 0 Å². The summed E-state index contributed by atoms with van der Waals surface area (Å²) in [5.74, 6) is 0. The minimum Gasteiger partial charge on any atom is -0.378 e. The summed E-state index contributed by atoms with van der Waals surface area (Å²) < 4.78 is 5.92. The van der Waals surface area contributed by atoms with E-state index in [2.05, 4.69) is 39.9 Å². The molecular formula is C17H33NO. The Bertz CT molecular complexity index is 302. The second kappa shape index (κ2) is 5.73. The first kappa shape index (κ1) is 15.3. The molecule has 2 fully saturated rings. The van der Waals surface area contributed by atoms with Crippen LogP contribution in [0.4, 0.5) is 0 Å². The largest absolute Gasteiger partial charge is 0.378 e. The van der Waals surface area contributed by atoms with Gasteiger partial charge in [-0.15, -0.1) is 0 Å². The molecule has 2 rings (SSSR count). The Morgan fingerprint density at radius 3 is 2.42 bits per heavy atom. The molecule has 2 nitrogen and oxygen atoms in total. The highest BCUT2D eigenvalue weighted by molar-refractivity contribution is 5.07. The summed E-state index contributed by atoms with van der Waals surface area (Å²) in [5, 5.41) is 4.00. The van der Waals surface area contributed by atoms with Crippen LogP contribution in [0.25, 0.3) is 0 Å². The molecule has 112 valence electrons. The average Bonchev–Trinajstić information content (AvgIpc) is 2.38. The van der Waals surface area contributed by atoms with E-state index >= 15 is 0 Å². The van der Waals surface area contributed by atoms with Crippen LogP contribution in [0.2, 0.25) is 0 Å². The van der Waals surface area contributed by atoms with Crippen LogP contribution in [-0.4, -0.2) is 24.8 Å². The third-order valence-electron chi connectivity index (χ3n) is 6.02. The molecular weight excluding hydrogens is 234 g/mol. The zero-order chi connectivity index (χ0) is 14.1. The van der Waals surface area contributed by atoms with E-state index in [1.165, 1.54) is 38.5 Å². The SMILES string of the molecule is CCOC1CC(NC2CCCCC2(C)C)C1(C)CC. The van der Waals surface area contributed by atoms with E-state index < -0.39 is 0 Å². The molecule has 0 radical (unpaired) electrons. The summed E-state index contributed by atoms with van der Waals surface area (Å²) in [7, 11) is 0. The molecule has 0 saturated heterocycles. The molecule has 0 amide bonds. The van der Waals surface area contributed by atoms with Gasteiger partial charge in [0.2, 0.25) is 0 Å². The minimum atomic E-state index is 0.337. The van der Waals surface area contributed by atoms with Gasteiger partial charge in [0, 0.05) is 24.1 Å². The van der Waals surface area contributed by atoms with Crippen LogP contribution in [0.15, 0.2) is 0 Å². The van der Waals surface area contributed by atoms with Gasteiger partial charge in [-0.3, -0.25) is 0 Å². The highest BCUT2D eigenvalue weighted by Crippen LogP contribution is 2.47. The highest BCUT2D eigenvalue weighted by atomic mass is 16.5. The van der Waals surface area contributed by atoms with E-state index in [-0.39, 0.29) is 0 Å². The highest BCUT2D eigenvalue weighted by Gasteiger charge is 2.52. The summed E-state index contributed by atoms with van der Waals surface area (Å²) in [6.07, 6.45) is 8.39. The van der Waals surface area contributed by atoms with Crippen molar-refractivity contribution in [1.29, 1.82) is 0 Å². The quantitative estimate of drug-likeness (QED) is 0.808. The molecule has 0 aromatic rings. The summed E-state index contributed by atoms with van der Waals surface area (Å²) in [6, 6.07) is 1.34. The zero-order valence-electron chi connectivity index (χ0n) is 13.6. The predicted octanol–water partition coefficient (Wildman–Crippen LogP) is 4.14. The van der Waals surface area contributed by atoms with Crippen molar-refractivity contribution in [3.05, 3.63) is 0 Å². The van der Waals surface area contributed by atoms with Crippen LogP contribution >= 0.6 is 0 Å². The summed E-state index contributed by atoms with van der Waals surface area (Å²) >= 11 is 0. The van der Waals surface area contributed by atoms with E-state index in [1.54, 1.807) is 0 Å². The first-order chi connectivity index (χ1) is 8.94. The van der Waals surface area contributed by atoms with Gasteiger partial charge in [0.05, 0.1) is 6.10 Å². The smallest absolute Gasteiger partial charge is 0.0658 e. The van der Waals surface area contributed by atoms with Gasteiger partial charge in [-0.25, -0.2) is 0 Å². The van der Waals surface area contributed by atoms with E-state index in [9.17, 15) is 0 Å². The fourth-order valence-electron chi connectivity index (χ4n) is 4.05. The molecule has 2 heteroatoms. The van der Waals surface area contributed by atoms with Crippen molar-refractivity contribution >= 4 is 0 Å².